The molecule has 0 spiro atoms. The quantitative estimate of drug-likeness (QED) is 0.800. The summed E-state index contributed by atoms with van der Waals surface area (Å²) in [6.45, 7) is -0.240. The number of benzene rings is 2. The van der Waals surface area contributed by atoms with Crippen LogP contribution in [0.15, 0.2) is 40.9 Å². The number of halogens is 3. The molecule has 0 bridgehead atoms. The highest BCUT2D eigenvalue weighted by Gasteiger charge is 2.09. The van der Waals surface area contributed by atoms with Crippen molar-refractivity contribution in [3.63, 3.8) is 0 Å². The number of nitrogen functional groups attached to an aromatic ring is 1. The first kappa shape index (κ1) is 15.6. The molecule has 0 atom stereocenters. The summed E-state index contributed by atoms with van der Waals surface area (Å²) in [7, 11) is 0. The zero-order valence-electron chi connectivity index (χ0n) is 10.7. The van der Waals surface area contributed by atoms with Gasteiger partial charge in [-0.05, 0) is 52.3 Å². The van der Waals surface area contributed by atoms with Gasteiger partial charge in [-0.15, -0.1) is 0 Å². The van der Waals surface area contributed by atoms with Crippen molar-refractivity contribution in [3.8, 4) is 5.75 Å². The topological polar surface area (TPSA) is 64.3 Å². The van der Waals surface area contributed by atoms with Gasteiger partial charge in [-0.1, -0.05) is 11.6 Å². The van der Waals surface area contributed by atoms with Crippen LogP contribution in [-0.4, -0.2) is 12.5 Å². The van der Waals surface area contributed by atoms with Crippen molar-refractivity contribution < 1.29 is 13.9 Å². The van der Waals surface area contributed by atoms with Gasteiger partial charge in [-0.25, -0.2) is 4.39 Å². The predicted molar refractivity (Wildman–Crippen MR) is 84.1 cm³/mol. The smallest absolute Gasteiger partial charge is 0.262 e. The molecule has 0 heterocycles. The van der Waals surface area contributed by atoms with Crippen LogP contribution in [0.3, 0.4) is 0 Å². The molecule has 0 unspecified atom stereocenters. The van der Waals surface area contributed by atoms with Gasteiger partial charge >= 0.3 is 0 Å². The average molecular weight is 374 g/mol. The Morgan fingerprint density at radius 1 is 1.33 bits per heavy atom. The standard InChI is InChI=1S/C14H11BrClFN2O2/c15-10-5-8(16)1-4-13(10)21-7-14(20)19-12-6-9(17)2-3-11(12)18/h1-6H,7,18H2,(H,19,20). The van der Waals surface area contributed by atoms with Gasteiger partial charge < -0.3 is 15.8 Å². The van der Waals surface area contributed by atoms with Crippen molar-refractivity contribution in [2.45, 2.75) is 0 Å². The molecular weight excluding hydrogens is 363 g/mol. The fourth-order valence-electron chi connectivity index (χ4n) is 1.56. The molecule has 21 heavy (non-hydrogen) atoms. The second-order valence-electron chi connectivity index (χ2n) is 4.14. The van der Waals surface area contributed by atoms with Gasteiger partial charge in [0.2, 0.25) is 0 Å². The van der Waals surface area contributed by atoms with Gasteiger partial charge in [0.15, 0.2) is 6.61 Å². The predicted octanol–water partition coefficient (Wildman–Crippen LogP) is 3.84. The maximum absolute atomic E-state index is 13.1. The third kappa shape index (κ3) is 4.34. The molecule has 4 nitrogen and oxygen atoms in total. The van der Waals surface area contributed by atoms with Gasteiger partial charge in [0.05, 0.1) is 15.8 Å². The van der Waals surface area contributed by atoms with E-state index >= 15 is 0 Å². The summed E-state index contributed by atoms with van der Waals surface area (Å²) >= 11 is 9.08. The zero-order chi connectivity index (χ0) is 15.4. The summed E-state index contributed by atoms with van der Waals surface area (Å²) < 4.78 is 19.1. The lowest BCUT2D eigenvalue weighted by molar-refractivity contribution is -0.118. The number of nitrogens with one attached hydrogen (secondary N) is 1. The Hall–Kier alpha value is -1.79. The third-order valence-corrected chi connectivity index (χ3v) is 3.40. The fraction of sp³-hybridized carbons (Fsp3) is 0.0714. The molecule has 0 aliphatic heterocycles. The Labute approximate surface area is 134 Å². The Kier molecular flexibility index (Phi) is 5.03. The minimum absolute atomic E-state index is 0.207. The van der Waals surface area contributed by atoms with Gasteiger partial charge in [-0.2, -0.15) is 0 Å². The Morgan fingerprint density at radius 2 is 2.10 bits per heavy atom. The molecule has 0 aliphatic rings. The number of hydrogen-bond donors (Lipinski definition) is 2. The van der Waals surface area contributed by atoms with E-state index < -0.39 is 11.7 Å². The molecular formula is C14H11BrClFN2O2. The van der Waals surface area contributed by atoms with Crippen LogP contribution in [0.25, 0.3) is 0 Å². The van der Waals surface area contributed by atoms with Gasteiger partial charge in [0.1, 0.15) is 11.6 Å². The molecule has 0 saturated heterocycles. The van der Waals surface area contributed by atoms with E-state index in [-0.39, 0.29) is 18.0 Å². The van der Waals surface area contributed by atoms with Crippen molar-refractivity contribution in [2.75, 3.05) is 17.7 Å². The molecule has 3 N–H and O–H groups in total. The van der Waals surface area contributed by atoms with Crippen LogP contribution < -0.4 is 15.8 Å². The molecule has 7 heteroatoms. The maximum Gasteiger partial charge on any atom is 0.262 e. The molecule has 0 aromatic heterocycles. The van der Waals surface area contributed by atoms with Gasteiger partial charge in [0, 0.05) is 5.02 Å². The highest BCUT2D eigenvalue weighted by molar-refractivity contribution is 9.10. The van der Waals surface area contributed by atoms with Crippen LogP contribution >= 0.6 is 27.5 Å². The van der Waals surface area contributed by atoms with E-state index in [2.05, 4.69) is 21.2 Å². The maximum atomic E-state index is 13.1. The first-order valence-electron chi connectivity index (χ1n) is 5.88. The summed E-state index contributed by atoms with van der Waals surface area (Å²) in [4.78, 5) is 11.8. The number of nitrogens with two attached hydrogens (primary N) is 1. The number of amides is 1. The first-order chi connectivity index (χ1) is 9.95. The highest BCUT2D eigenvalue weighted by atomic mass is 79.9. The second kappa shape index (κ2) is 6.78. The number of ether oxygens (including phenoxy) is 1. The lowest BCUT2D eigenvalue weighted by Gasteiger charge is -2.10. The third-order valence-electron chi connectivity index (χ3n) is 2.54. The summed E-state index contributed by atoms with van der Waals surface area (Å²) in [6.07, 6.45) is 0. The zero-order valence-corrected chi connectivity index (χ0v) is 13.0. The van der Waals surface area contributed by atoms with Gasteiger partial charge in [0.25, 0.3) is 5.91 Å². The molecule has 0 saturated carbocycles. The highest BCUT2D eigenvalue weighted by Crippen LogP contribution is 2.28. The number of rotatable bonds is 4. The van der Waals surface area contributed by atoms with Crippen molar-refractivity contribution in [3.05, 3.63) is 51.7 Å². The van der Waals surface area contributed by atoms with E-state index in [1.165, 1.54) is 12.1 Å². The lowest BCUT2D eigenvalue weighted by Crippen LogP contribution is -2.21. The molecule has 2 aromatic carbocycles. The number of carbonyl (C=O) groups is 1. The van der Waals surface area contributed by atoms with Crippen LogP contribution in [0.4, 0.5) is 15.8 Å². The van der Waals surface area contributed by atoms with Gasteiger partial charge in [-0.3, -0.25) is 4.79 Å². The largest absolute Gasteiger partial charge is 0.483 e. The van der Waals surface area contributed by atoms with Crippen molar-refractivity contribution >= 4 is 44.8 Å². The average Bonchev–Trinajstić information content (AvgIpc) is 2.42. The van der Waals surface area contributed by atoms with Crippen LogP contribution in [0.5, 0.6) is 5.75 Å². The number of anilines is 2. The second-order valence-corrected chi connectivity index (χ2v) is 5.43. The normalized spacial score (nSPS) is 10.2. The van der Waals surface area contributed by atoms with E-state index in [9.17, 15) is 9.18 Å². The summed E-state index contributed by atoms with van der Waals surface area (Å²) in [5.74, 6) is -0.461. The van der Waals surface area contributed by atoms with E-state index in [1.54, 1.807) is 18.2 Å². The lowest BCUT2D eigenvalue weighted by atomic mass is 10.2. The van der Waals surface area contributed by atoms with E-state index in [1.807, 2.05) is 0 Å². The van der Waals surface area contributed by atoms with E-state index in [0.29, 0.717) is 15.2 Å². The molecule has 2 aromatic rings. The van der Waals surface area contributed by atoms with Crippen molar-refractivity contribution in [2.24, 2.45) is 0 Å². The van der Waals surface area contributed by atoms with Crippen LogP contribution in [-0.2, 0) is 4.79 Å². The summed E-state index contributed by atoms with van der Waals surface area (Å²) in [6, 6.07) is 8.67. The van der Waals surface area contributed by atoms with Crippen molar-refractivity contribution in [1.82, 2.24) is 0 Å². The molecule has 2 rings (SSSR count). The molecule has 0 fully saturated rings. The Balaban J connectivity index is 1.97. The number of carbonyl (C=O) groups excluding carboxylic acids is 1. The van der Waals surface area contributed by atoms with E-state index in [0.717, 1.165) is 6.07 Å². The van der Waals surface area contributed by atoms with Crippen LogP contribution in [0.1, 0.15) is 0 Å². The Morgan fingerprint density at radius 3 is 2.81 bits per heavy atom. The van der Waals surface area contributed by atoms with Crippen molar-refractivity contribution in [1.29, 1.82) is 0 Å². The first-order valence-corrected chi connectivity index (χ1v) is 7.05. The molecule has 0 aliphatic carbocycles. The molecule has 0 radical (unpaired) electrons. The Bertz CT molecular complexity index is 682. The summed E-state index contributed by atoms with van der Waals surface area (Å²) in [5.41, 5.74) is 6.12. The van der Waals surface area contributed by atoms with Crippen LogP contribution in [0.2, 0.25) is 5.02 Å². The number of hydrogen-bond acceptors (Lipinski definition) is 3. The van der Waals surface area contributed by atoms with Crippen LogP contribution in [0, 0.1) is 5.82 Å². The SMILES string of the molecule is Nc1ccc(F)cc1NC(=O)COc1ccc(Cl)cc1Br. The minimum Gasteiger partial charge on any atom is -0.483 e. The van der Waals surface area contributed by atoms with E-state index in [4.69, 9.17) is 22.1 Å². The summed E-state index contributed by atoms with van der Waals surface area (Å²) in [5, 5.41) is 3.03. The minimum atomic E-state index is -0.485. The molecule has 110 valence electrons. The monoisotopic (exact) mass is 372 g/mol. The molecule has 1 amide bonds. The fourth-order valence-corrected chi connectivity index (χ4v) is 2.36.